The van der Waals surface area contributed by atoms with Crippen molar-refractivity contribution in [2.75, 3.05) is 13.2 Å². The van der Waals surface area contributed by atoms with Gasteiger partial charge in [0.1, 0.15) is 6.10 Å². The minimum Gasteiger partial charge on any atom is -0.369 e. The first kappa shape index (κ1) is 6.33. The van der Waals surface area contributed by atoms with E-state index in [0.29, 0.717) is 6.61 Å². The van der Waals surface area contributed by atoms with Gasteiger partial charge < -0.3 is 9.47 Å². The molecule has 0 bridgehead atoms. The average molecular weight is 137 g/mol. The normalized spacial score (nSPS) is 30.0. The molecular formula is C5H9ClO2. The van der Waals surface area contributed by atoms with E-state index in [9.17, 15) is 0 Å². The third kappa shape index (κ3) is 1.62. The molecule has 0 aromatic rings. The van der Waals surface area contributed by atoms with Crippen LogP contribution in [0.15, 0.2) is 0 Å². The molecule has 0 radical (unpaired) electrons. The molecule has 1 aliphatic heterocycles. The van der Waals surface area contributed by atoms with Crippen molar-refractivity contribution in [3.63, 3.8) is 0 Å². The quantitative estimate of drug-likeness (QED) is 0.426. The second-order valence-corrected chi connectivity index (χ2v) is 2.11. The maximum absolute atomic E-state index is 5.63. The largest absolute Gasteiger partial charge is 0.369 e. The van der Waals surface area contributed by atoms with Gasteiger partial charge in [-0.2, -0.15) is 0 Å². The molecule has 48 valence electrons. The third-order valence-electron chi connectivity index (χ3n) is 0.977. The van der Waals surface area contributed by atoms with E-state index >= 15 is 0 Å². The van der Waals surface area contributed by atoms with Crippen LogP contribution >= 0.6 is 11.6 Å². The summed E-state index contributed by atoms with van der Waals surface area (Å²) in [6.45, 7) is 3.33. The predicted molar refractivity (Wildman–Crippen MR) is 31.0 cm³/mol. The first-order valence-electron chi connectivity index (χ1n) is 2.72. The van der Waals surface area contributed by atoms with Gasteiger partial charge in [-0.15, -0.1) is 0 Å². The Labute approximate surface area is 53.7 Å². The van der Waals surface area contributed by atoms with Crippen molar-refractivity contribution in [3.8, 4) is 0 Å². The molecule has 2 unspecified atom stereocenters. The summed E-state index contributed by atoms with van der Waals surface area (Å²) in [4.78, 5) is 0. The molecule has 0 saturated carbocycles. The van der Waals surface area contributed by atoms with Crippen LogP contribution in [0.5, 0.6) is 0 Å². The molecular weight excluding hydrogens is 128 g/mol. The van der Waals surface area contributed by atoms with E-state index in [-0.39, 0.29) is 11.7 Å². The van der Waals surface area contributed by atoms with Crippen molar-refractivity contribution in [2.24, 2.45) is 0 Å². The Morgan fingerprint density at radius 3 is 3.00 bits per heavy atom. The van der Waals surface area contributed by atoms with Gasteiger partial charge in [0, 0.05) is 6.61 Å². The fourth-order valence-electron chi connectivity index (χ4n) is 0.473. The van der Waals surface area contributed by atoms with Gasteiger partial charge in [0.25, 0.3) is 0 Å². The molecule has 1 fully saturated rings. The van der Waals surface area contributed by atoms with Crippen LogP contribution in [-0.4, -0.2) is 24.9 Å². The van der Waals surface area contributed by atoms with Crippen LogP contribution in [0, 0.1) is 0 Å². The van der Waals surface area contributed by atoms with E-state index < -0.39 is 0 Å². The highest BCUT2D eigenvalue weighted by molar-refractivity contribution is 6.20. The van der Waals surface area contributed by atoms with E-state index in [4.69, 9.17) is 21.1 Å². The van der Waals surface area contributed by atoms with Gasteiger partial charge in [0.2, 0.25) is 0 Å². The van der Waals surface area contributed by atoms with Gasteiger partial charge in [0.05, 0.1) is 6.61 Å². The second-order valence-electron chi connectivity index (χ2n) is 1.68. The fraction of sp³-hybridized carbons (Fsp3) is 1.00. The lowest BCUT2D eigenvalue weighted by molar-refractivity contribution is 0.0972. The lowest BCUT2D eigenvalue weighted by atomic mass is 10.5. The van der Waals surface area contributed by atoms with Crippen LogP contribution < -0.4 is 0 Å². The predicted octanol–water partition coefficient (Wildman–Crippen LogP) is 0.987. The number of halogens is 1. The van der Waals surface area contributed by atoms with E-state index in [2.05, 4.69) is 0 Å². The molecule has 0 aromatic heterocycles. The molecule has 3 heteroatoms. The topological polar surface area (TPSA) is 21.8 Å². The summed E-state index contributed by atoms with van der Waals surface area (Å²) in [7, 11) is 0. The summed E-state index contributed by atoms with van der Waals surface area (Å²) in [5.41, 5.74) is -0.222. The molecule has 2 nitrogen and oxygen atoms in total. The Morgan fingerprint density at radius 2 is 2.62 bits per heavy atom. The molecule has 0 aromatic carbocycles. The molecule has 1 aliphatic rings. The van der Waals surface area contributed by atoms with Gasteiger partial charge in [-0.1, -0.05) is 11.6 Å². The maximum atomic E-state index is 5.63. The molecule has 0 amide bonds. The SMILES string of the molecule is CCOC(Cl)C1CO1. The third-order valence-corrected chi connectivity index (χ3v) is 1.38. The Hall–Kier alpha value is 0.210. The summed E-state index contributed by atoms with van der Waals surface area (Å²) in [5, 5.41) is 0. The van der Waals surface area contributed by atoms with Crippen molar-refractivity contribution in [2.45, 2.75) is 18.6 Å². The highest BCUT2D eigenvalue weighted by atomic mass is 35.5. The lowest BCUT2D eigenvalue weighted by Crippen LogP contribution is -2.11. The molecule has 0 N–H and O–H groups in total. The summed E-state index contributed by atoms with van der Waals surface area (Å²) < 4.78 is 9.87. The summed E-state index contributed by atoms with van der Waals surface area (Å²) in [5.74, 6) is 0. The van der Waals surface area contributed by atoms with Crippen molar-refractivity contribution < 1.29 is 9.47 Å². The smallest absolute Gasteiger partial charge is 0.159 e. The first-order chi connectivity index (χ1) is 3.84. The van der Waals surface area contributed by atoms with Gasteiger partial charge in [0.15, 0.2) is 5.56 Å². The highest BCUT2D eigenvalue weighted by Crippen LogP contribution is 2.19. The standard InChI is InChI=1S/C5H9ClO2/c1-2-7-5(6)4-3-8-4/h4-5H,2-3H2,1H3. The van der Waals surface area contributed by atoms with Crippen LogP contribution in [0.1, 0.15) is 6.92 Å². The summed E-state index contributed by atoms with van der Waals surface area (Å²) in [6.07, 6.45) is 0.164. The number of ether oxygens (including phenoxy) is 2. The highest BCUT2D eigenvalue weighted by Gasteiger charge is 2.31. The maximum Gasteiger partial charge on any atom is 0.159 e. The van der Waals surface area contributed by atoms with Gasteiger partial charge in [-0.3, -0.25) is 0 Å². The van der Waals surface area contributed by atoms with E-state index in [1.807, 2.05) is 6.92 Å². The minimum atomic E-state index is -0.222. The van der Waals surface area contributed by atoms with Crippen LogP contribution in [0.2, 0.25) is 0 Å². The van der Waals surface area contributed by atoms with Crippen molar-refractivity contribution in [3.05, 3.63) is 0 Å². The zero-order valence-electron chi connectivity index (χ0n) is 4.76. The molecule has 2 atom stereocenters. The zero-order chi connectivity index (χ0) is 5.98. The summed E-state index contributed by atoms with van der Waals surface area (Å²) >= 11 is 5.63. The molecule has 1 rings (SSSR count). The van der Waals surface area contributed by atoms with Crippen LogP contribution in [-0.2, 0) is 9.47 Å². The van der Waals surface area contributed by atoms with Crippen LogP contribution in [0.3, 0.4) is 0 Å². The molecule has 1 saturated heterocycles. The van der Waals surface area contributed by atoms with Gasteiger partial charge >= 0.3 is 0 Å². The molecule has 1 heterocycles. The number of epoxide rings is 1. The lowest BCUT2D eigenvalue weighted by Gasteiger charge is -2.02. The monoisotopic (exact) mass is 136 g/mol. The fourth-order valence-corrected chi connectivity index (χ4v) is 0.745. The summed E-state index contributed by atoms with van der Waals surface area (Å²) in [6, 6.07) is 0. The number of rotatable bonds is 3. The van der Waals surface area contributed by atoms with Crippen molar-refractivity contribution in [1.82, 2.24) is 0 Å². The zero-order valence-corrected chi connectivity index (χ0v) is 5.52. The number of hydrogen-bond donors (Lipinski definition) is 0. The van der Waals surface area contributed by atoms with Crippen molar-refractivity contribution in [1.29, 1.82) is 0 Å². The Bertz CT molecular complexity index is 72.8. The van der Waals surface area contributed by atoms with E-state index in [1.54, 1.807) is 0 Å². The van der Waals surface area contributed by atoms with E-state index in [0.717, 1.165) is 6.61 Å². The Morgan fingerprint density at radius 1 is 2.00 bits per heavy atom. The van der Waals surface area contributed by atoms with Gasteiger partial charge in [-0.05, 0) is 6.92 Å². The Kier molecular flexibility index (Phi) is 2.11. The average Bonchev–Trinajstić information content (AvgIpc) is 2.45. The minimum absolute atomic E-state index is 0.164. The molecule has 0 spiro atoms. The Balaban J connectivity index is 2.03. The molecule has 8 heavy (non-hydrogen) atoms. The van der Waals surface area contributed by atoms with Gasteiger partial charge in [-0.25, -0.2) is 0 Å². The number of hydrogen-bond acceptors (Lipinski definition) is 2. The van der Waals surface area contributed by atoms with Crippen LogP contribution in [0.4, 0.5) is 0 Å². The molecule has 0 aliphatic carbocycles. The first-order valence-corrected chi connectivity index (χ1v) is 3.15. The van der Waals surface area contributed by atoms with Crippen LogP contribution in [0.25, 0.3) is 0 Å². The van der Waals surface area contributed by atoms with E-state index in [1.165, 1.54) is 0 Å². The van der Waals surface area contributed by atoms with Crippen molar-refractivity contribution >= 4 is 11.6 Å². The second kappa shape index (κ2) is 2.67. The number of alkyl halides is 1.